The molecule has 0 spiro atoms. The number of urea groups is 1. The number of nitrogens with one attached hydrogen (secondary N) is 1. The number of rotatable bonds is 2. The first-order valence-electron chi connectivity index (χ1n) is 6.41. The van der Waals surface area contributed by atoms with Crippen molar-refractivity contribution in [1.82, 2.24) is 10.2 Å². The van der Waals surface area contributed by atoms with Gasteiger partial charge in [-0.3, -0.25) is 0 Å². The minimum Gasteiger partial charge on any atom is -0.329 e. The predicted molar refractivity (Wildman–Crippen MR) is 73.6 cm³/mol. The molecule has 1 aliphatic heterocycles. The molecule has 100 valence electrons. The van der Waals surface area contributed by atoms with Crippen molar-refractivity contribution in [3.8, 4) is 6.07 Å². The van der Waals surface area contributed by atoms with Gasteiger partial charge in [-0.2, -0.15) is 5.26 Å². The van der Waals surface area contributed by atoms with E-state index in [9.17, 15) is 4.79 Å². The summed E-state index contributed by atoms with van der Waals surface area (Å²) in [6, 6.07) is 8.16. The van der Waals surface area contributed by atoms with Crippen molar-refractivity contribution >= 4 is 6.03 Å². The molecule has 0 aliphatic carbocycles. The van der Waals surface area contributed by atoms with Gasteiger partial charge in [0.25, 0.3) is 0 Å². The average molecular weight is 257 g/mol. The Morgan fingerprint density at radius 1 is 1.37 bits per heavy atom. The first-order valence-corrected chi connectivity index (χ1v) is 6.41. The number of benzene rings is 1. The van der Waals surface area contributed by atoms with Crippen molar-refractivity contribution in [3.05, 3.63) is 34.9 Å². The molecule has 1 aliphatic rings. The molecule has 0 aromatic heterocycles. The number of carbonyl (C=O) groups is 1. The number of nitriles is 1. The summed E-state index contributed by atoms with van der Waals surface area (Å²) in [5.41, 5.74) is 2.76. The first-order chi connectivity index (χ1) is 8.85. The highest BCUT2D eigenvalue weighted by Crippen LogP contribution is 2.27. The van der Waals surface area contributed by atoms with Crippen LogP contribution >= 0.6 is 0 Å². The Kier molecular flexibility index (Phi) is 3.23. The third-order valence-electron chi connectivity index (χ3n) is 3.79. The third-order valence-corrected chi connectivity index (χ3v) is 3.79. The largest absolute Gasteiger partial charge is 0.329 e. The van der Waals surface area contributed by atoms with Crippen LogP contribution in [-0.4, -0.2) is 23.0 Å². The maximum atomic E-state index is 12.0. The molecule has 1 aromatic carbocycles. The van der Waals surface area contributed by atoms with Crippen molar-refractivity contribution in [2.75, 3.05) is 6.54 Å². The molecule has 1 saturated heterocycles. The molecular weight excluding hydrogens is 238 g/mol. The molecule has 0 bridgehead atoms. The summed E-state index contributed by atoms with van der Waals surface area (Å²) in [5.74, 6) is 0. The molecule has 2 amide bonds. The summed E-state index contributed by atoms with van der Waals surface area (Å²) < 4.78 is 0. The molecule has 0 radical (unpaired) electrons. The summed E-state index contributed by atoms with van der Waals surface area (Å²) in [6.45, 7) is 8.18. The maximum absolute atomic E-state index is 12.0. The second-order valence-corrected chi connectivity index (χ2v) is 5.63. The van der Waals surface area contributed by atoms with E-state index in [1.165, 1.54) is 11.1 Å². The number of hydrogen-bond donors (Lipinski definition) is 1. The molecule has 1 unspecified atom stereocenters. The number of nitrogens with zero attached hydrogens (tertiary/aromatic N) is 2. The minimum absolute atomic E-state index is 0.0422. The standard InChI is InChI=1S/C15H19N3O/c1-10-5-6-12(7-11(10)2)13-8-18(14(19)17-13)15(3,4)9-16/h5-7,13H,8H2,1-4H3,(H,17,19). The molecule has 1 aromatic rings. The van der Waals surface area contributed by atoms with E-state index in [4.69, 9.17) is 5.26 Å². The van der Waals surface area contributed by atoms with Gasteiger partial charge in [-0.25, -0.2) is 4.79 Å². The van der Waals surface area contributed by atoms with E-state index in [1.807, 2.05) is 6.07 Å². The summed E-state index contributed by atoms with van der Waals surface area (Å²) >= 11 is 0. The topological polar surface area (TPSA) is 56.1 Å². The zero-order valence-corrected chi connectivity index (χ0v) is 11.8. The lowest BCUT2D eigenvalue weighted by Crippen LogP contribution is -2.44. The first kappa shape index (κ1) is 13.4. The van der Waals surface area contributed by atoms with Crippen LogP contribution in [-0.2, 0) is 0 Å². The van der Waals surface area contributed by atoms with Gasteiger partial charge >= 0.3 is 6.03 Å². The van der Waals surface area contributed by atoms with E-state index in [0.717, 1.165) is 5.56 Å². The molecule has 1 N–H and O–H groups in total. The summed E-state index contributed by atoms with van der Waals surface area (Å²) in [7, 11) is 0. The number of carbonyl (C=O) groups excluding carboxylic acids is 1. The highest BCUT2D eigenvalue weighted by Gasteiger charge is 2.39. The molecule has 4 heteroatoms. The number of aryl methyl sites for hydroxylation is 2. The van der Waals surface area contributed by atoms with E-state index in [0.29, 0.717) is 6.54 Å². The highest BCUT2D eigenvalue weighted by molar-refractivity contribution is 5.78. The van der Waals surface area contributed by atoms with Gasteiger partial charge < -0.3 is 10.2 Å². The van der Waals surface area contributed by atoms with Crippen molar-refractivity contribution in [1.29, 1.82) is 5.26 Å². The maximum Gasteiger partial charge on any atom is 0.319 e. The SMILES string of the molecule is Cc1ccc(C2CN(C(C)(C)C#N)C(=O)N2)cc1C. The van der Waals surface area contributed by atoms with Crippen molar-refractivity contribution in [2.24, 2.45) is 0 Å². The van der Waals surface area contributed by atoms with Gasteiger partial charge in [0, 0.05) is 6.54 Å². The van der Waals surface area contributed by atoms with Gasteiger partial charge in [0.2, 0.25) is 0 Å². The Morgan fingerprint density at radius 3 is 2.63 bits per heavy atom. The monoisotopic (exact) mass is 257 g/mol. The van der Waals surface area contributed by atoms with Crippen LogP contribution in [0.3, 0.4) is 0 Å². The van der Waals surface area contributed by atoms with Crippen molar-refractivity contribution in [3.63, 3.8) is 0 Å². The van der Waals surface area contributed by atoms with Crippen molar-refractivity contribution in [2.45, 2.75) is 39.3 Å². The van der Waals surface area contributed by atoms with Crippen LogP contribution in [0.25, 0.3) is 0 Å². The van der Waals surface area contributed by atoms with E-state index >= 15 is 0 Å². The van der Waals surface area contributed by atoms with Gasteiger partial charge in [-0.15, -0.1) is 0 Å². The molecule has 19 heavy (non-hydrogen) atoms. The molecule has 2 rings (SSSR count). The zero-order chi connectivity index (χ0) is 14.2. The fourth-order valence-electron chi connectivity index (χ4n) is 2.25. The number of amides is 2. The lowest BCUT2D eigenvalue weighted by atomic mass is 10.0. The molecule has 0 saturated carbocycles. The van der Waals surface area contributed by atoms with Gasteiger partial charge in [-0.05, 0) is 44.4 Å². The highest BCUT2D eigenvalue weighted by atomic mass is 16.2. The van der Waals surface area contributed by atoms with Gasteiger partial charge in [0.15, 0.2) is 0 Å². The average Bonchev–Trinajstić information content (AvgIpc) is 2.75. The van der Waals surface area contributed by atoms with E-state index in [2.05, 4.69) is 37.4 Å². The Labute approximate surface area is 114 Å². The Balaban J connectivity index is 2.24. The summed E-state index contributed by atoms with van der Waals surface area (Å²) in [4.78, 5) is 13.6. The molecule has 1 fully saturated rings. The molecule has 4 nitrogen and oxygen atoms in total. The smallest absolute Gasteiger partial charge is 0.319 e. The minimum atomic E-state index is -0.779. The van der Waals surface area contributed by atoms with Crippen molar-refractivity contribution < 1.29 is 4.79 Å². The van der Waals surface area contributed by atoms with Gasteiger partial charge in [0.05, 0.1) is 12.1 Å². The summed E-state index contributed by atoms with van der Waals surface area (Å²) in [6.07, 6.45) is 0. The fourth-order valence-corrected chi connectivity index (χ4v) is 2.25. The normalized spacial score (nSPS) is 19.2. The van der Waals surface area contributed by atoms with Crippen LogP contribution in [0.15, 0.2) is 18.2 Å². The molecule has 1 atom stereocenters. The lowest BCUT2D eigenvalue weighted by molar-refractivity contribution is 0.186. The van der Waals surface area contributed by atoms with E-state index < -0.39 is 5.54 Å². The predicted octanol–water partition coefficient (Wildman–Crippen LogP) is 2.67. The second kappa shape index (κ2) is 4.58. The second-order valence-electron chi connectivity index (χ2n) is 5.63. The Morgan fingerprint density at radius 2 is 2.05 bits per heavy atom. The van der Waals surface area contributed by atoms with Crippen LogP contribution in [0.4, 0.5) is 4.79 Å². The Bertz CT molecular complexity index is 557. The summed E-state index contributed by atoms with van der Waals surface area (Å²) in [5, 5.41) is 12.1. The Hall–Kier alpha value is -2.02. The van der Waals surface area contributed by atoms with Crippen LogP contribution < -0.4 is 5.32 Å². The van der Waals surface area contributed by atoms with Crippen LogP contribution in [0, 0.1) is 25.2 Å². The van der Waals surface area contributed by atoms with Crippen LogP contribution in [0.1, 0.15) is 36.6 Å². The third kappa shape index (κ3) is 2.41. The zero-order valence-electron chi connectivity index (χ0n) is 11.8. The lowest BCUT2D eigenvalue weighted by Gasteiger charge is -2.27. The fraction of sp³-hybridized carbons (Fsp3) is 0.467. The van der Waals surface area contributed by atoms with E-state index in [1.54, 1.807) is 18.7 Å². The molecular formula is C15H19N3O. The number of hydrogen-bond acceptors (Lipinski definition) is 2. The van der Waals surface area contributed by atoms with Gasteiger partial charge in [-0.1, -0.05) is 18.2 Å². The van der Waals surface area contributed by atoms with Gasteiger partial charge in [0.1, 0.15) is 5.54 Å². The van der Waals surface area contributed by atoms with E-state index in [-0.39, 0.29) is 12.1 Å². The molecule has 1 heterocycles. The van der Waals surface area contributed by atoms with Crippen LogP contribution in [0.2, 0.25) is 0 Å². The quantitative estimate of drug-likeness (QED) is 0.885. The van der Waals surface area contributed by atoms with Crippen LogP contribution in [0.5, 0.6) is 0 Å².